The first kappa shape index (κ1) is 75.7. The minimum atomic E-state index is -4.75. The number of ether oxygens (including phenoxy) is 3. The van der Waals surface area contributed by atoms with Crippen LogP contribution in [0.3, 0.4) is 0 Å². The lowest BCUT2D eigenvalue weighted by molar-refractivity contribution is -0.161. The van der Waals surface area contributed by atoms with Crippen LogP contribution in [-0.4, -0.2) is 66.5 Å². The number of phosphoric ester groups is 1. The Kier molecular flexibility index (Phi) is 59.0. The molecule has 0 radical (unpaired) electrons. The maximum absolute atomic E-state index is 13.0. The minimum absolute atomic E-state index is 0.164. The van der Waals surface area contributed by atoms with Crippen LogP contribution in [0, 0.1) is 0 Å². The number of aliphatic hydroxyl groups is 1. The van der Waals surface area contributed by atoms with E-state index in [1.54, 1.807) is 0 Å². The molecule has 3 atom stereocenters. The van der Waals surface area contributed by atoms with Crippen LogP contribution >= 0.6 is 7.82 Å². The van der Waals surface area contributed by atoms with Crippen LogP contribution in [0.4, 0.5) is 0 Å². The van der Waals surface area contributed by atoms with Crippen molar-refractivity contribution in [3.8, 4) is 0 Å². The van der Waals surface area contributed by atoms with Crippen molar-refractivity contribution < 1.29 is 52.2 Å². The predicted octanol–water partition coefficient (Wildman–Crippen LogP) is 19.9. The van der Waals surface area contributed by atoms with Crippen molar-refractivity contribution in [2.75, 3.05) is 26.4 Å². The third kappa shape index (κ3) is 58.4. The highest BCUT2D eigenvalue weighted by atomic mass is 31.2. The highest BCUT2D eigenvalue weighted by Gasteiger charge is 2.28. The topological polar surface area (TPSA) is 155 Å². The normalized spacial score (nSPS) is 13.4. The van der Waals surface area contributed by atoms with Crippen molar-refractivity contribution in [1.29, 1.82) is 0 Å². The predicted molar refractivity (Wildman–Crippen MR) is 326 cm³/mol. The highest BCUT2D eigenvalue weighted by molar-refractivity contribution is 7.47. The number of carbonyl (C=O) groups is 3. The number of aliphatic hydroxyl groups excluding tert-OH is 1. The average Bonchev–Trinajstić information content (AvgIpc) is 3.43. The summed E-state index contributed by atoms with van der Waals surface area (Å²) in [5.74, 6) is -1.45. The number of hydrogen-bond donors (Lipinski definition) is 2. The van der Waals surface area contributed by atoms with Crippen LogP contribution in [0.5, 0.6) is 0 Å². The van der Waals surface area contributed by atoms with Crippen LogP contribution in [0.25, 0.3) is 0 Å². The third-order valence-electron chi connectivity index (χ3n) is 14.5. The van der Waals surface area contributed by atoms with Gasteiger partial charge in [-0.15, -0.1) is 0 Å². The molecule has 0 amide bonds. The molecular weight excluding hydrogens is 1000 g/mol. The molecule has 0 aromatic rings. The van der Waals surface area contributed by atoms with E-state index in [1.165, 1.54) is 186 Å². The molecule has 0 fully saturated rings. The van der Waals surface area contributed by atoms with Crippen molar-refractivity contribution in [2.24, 2.45) is 0 Å². The van der Waals surface area contributed by atoms with Crippen molar-refractivity contribution in [1.82, 2.24) is 0 Å². The molecule has 458 valence electrons. The number of carbonyl (C=O) groups excluding carboxylic acids is 3. The summed E-state index contributed by atoms with van der Waals surface area (Å²) in [6.45, 7) is 4.67. The quantitative estimate of drug-likeness (QED) is 0.0197. The molecule has 0 aromatic heterocycles. The van der Waals surface area contributed by atoms with Gasteiger partial charge in [0.1, 0.15) is 12.7 Å². The Morgan fingerprint density at radius 3 is 0.987 bits per heavy atom. The number of phosphoric acid groups is 1. The van der Waals surface area contributed by atoms with Gasteiger partial charge in [-0.3, -0.25) is 23.4 Å². The Balaban J connectivity index is 4.68. The number of hydrogen-bond acceptors (Lipinski definition) is 10. The Morgan fingerprint density at radius 2 is 0.628 bits per heavy atom. The van der Waals surface area contributed by atoms with E-state index in [4.69, 9.17) is 23.3 Å². The first-order valence-electron chi connectivity index (χ1n) is 32.9. The van der Waals surface area contributed by atoms with E-state index in [0.29, 0.717) is 19.3 Å². The molecule has 0 aromatic carbocycles. The lowest BCUT2D eigenvalue weighted by Crippen LogP contribution is -2.30. The molecule has 2 N–H and O–H groups in total. The molecule has 3 unspecified atom stereocenters. The zero-order valence-corrected chi connectivity index (χ0v) is 51.8. The summed E-state index contributed by atoms with van der Waals surface area (Å²) in [6, 6.07) is 0. The van der Waals surface area contributed by atoms with E-state index >= 15 is 0 Å². The van der Waals surface area contributed by atoms with Crippen molar-refractivity contribution in [3.05, 3.63) is 36.5 Å². The molecule has 0 aliphatic rings. The van der Waals surface area contributed by atoms with Gasteiger partial charge in [0, 0.05) is 19.3 Å². The molecule has 78 heavy (non-hydrogen) atoms. The molecule has 0 saturated heterocycles. The van der Waals surface area contributed by atoms with Crippen LogP contribution in [0.1, 0.15) is 329 Å². The summed E-state index contributed by atoms with van der Waals surface area (Å²) in [5.41, 5.74) is 0. The van der Waals surface area contributed by atoms with Gasteiger partial charge in [-0.2, -0.15) is 0 Å². The largest absolute Gasteiger partial charge is 0.472 e. The van der Waals surface area contributed by atoms with Crippen LogP contribution < -0.4 is 0 Å². The van der Waals surface area contributed by atoms with Crippen molar-refractivity contribution in [2.45, 2.75) is 341 Å². The van der Waals surface area contributed by atoms with Gasteiger partial charge in [-0.25, -0.2) is 4.57 Å². The number of allylic oxidation sites excluding steroid dienone is 6. The SMILES string of the molecule is CCCCC/C=C\C/C=C\CCCCCCCC(=O)OC(CO)COP(=O)(O)OCC(COC(=O)CCCCCCCCCCCCCCCCCCC)OC(=O)CCCCCCCCCCC/C=C\CCCCCCCC. The average molecular weight is 1120 g/mol. The maximum Gasteiger partial charge on any atom is 0.472 e. The lowest BCUT2D eigenvalue weighted by atomic mass is 10.0. The first-order valence-corrected chi connectivity index (χ1v) is 34.4. The summed E-state index contributed by atoms with van der Waals surface area (Å²) in [4.78, 5) is 48.8. The Bertz CT molecular complexity index is 1450. The van der Waals surface area contributed by atoms with E-state index in [9.17, 15) is 28.9 Å². The Morgan fingerprint density at radius 1 is 0.359 bits per heavy atom. The van der Waals surface area contributed by atoms with E-state index < -0.39 is 57.8 Å². The van der Waals surface area contributed by atoms with E-state index in [1.807, 2.05) is 0 Å². The molecule has 0 spiro atoms. The molecule has 11 nitrogen and oxygen atoms in total. The standard InChI is InChI=1S/C66H123O11P/c1-4-7-10-13-16-19-22-25-28-30-31-33-36-39-42-45-48-51-54-57-66(70)77-63(59-73-64(68)55-52-49-46-43-40-37-35-32-29-26-23-20-17-14-11-8-5-2)61-75-78(71,72)74-60-62(58-67)76-65(69)56-53-50-47-44-41-38-34-27-24-21-18-15-12-9-6-3/h18,21,25,27-28,34,62-63,67H,4-17,19-20,22-24,26,29-33,35-61H2,1-3H3,(H,71,72)/b21-18-,28-25-,34-27-. The first-order chi connectivity index (χ1) is 38.2. The van der Waals surface area contributed by atoms with E-state index in [-0.39, 0.29) is 25.9 Å². The second-order valence-corrected chi connectivity index (χ2v) is 23.7. The van der Waals surface area contributed by atoms with Gasteiger partial charge in [-0.05, 0) is 77.0 Å². The fraction of sp³-hybridized carbons (Fsp3) is 0.864. The maximum atomic E-state index is 13.0. The molecule has 0 bridgehead atoms. The minimum Gasteiger partial charge on any atom is -0.462 e. The van der Waals surface area contributed by atoms with Gasteiger partial charge in [0.15, 0.2) is 6.10 Å². The third-order valence-corrected chi connectivity index (χ3v) is 15.5. The summed E-state index contributed by atoms with van der Waals surface area (Å²) in [7, 11) is -4.75. The van der Waals surface area contributed by atoms with Gasteiger partial charge >= 0.3 is 25.7 Å². The van der Waals surface area contributed by atoms with Gasteiger partial charge in [0.2, 0.25) is 0 Å². The second kappa shape index (κ2) is 60.8. The summed E-state index contributed by atoms with van der Waals surface area (Å²) in [6.07, 6.45) is 65.2. The van der Waals surface area contributed by atoms with Gasteiger partial charge < -0.3 is 24.2 Å². The summed E-state index contributed by atoms with van der Waals surface area (Å²) in [5, 5.41) is 9.85. The van der Waals surface area contributed by atoms with Gasteiger partial charge in [0.05, 0.1) is 19.8 Å². The number of esters is 3. The molecular formula is C66H123O11P. The molecule has 0 rings (SSSR count). The van der Waals surface area contributed by atoms with Crippen molar-refractivity contribution >= 4 is 25.7 Å². The Labute approximate surface area is 480 Å². The van der Waals surface area contributed by atoms with E-state index in [2.05, 4.69) is 57.2 Å². The smallest absolute Gasteiger partial charge is 0.462 e. The van der Waals surface area contributed by atoms with Crippen LogP contribution in [-0.2, 0) is 42.2 Å². The molecule has 0 heterocycles. The monoisotopic (exact) mass is 1120 g/mol. The number of unbranched alkanes of at least 4 members (excludes halogenated alkanes) is 39. The van der Waals surface area contributed by atoms with Crippen LogP contribution in [0.15, 0.2) is 36.5 Å². The summed E-state index contributed by atoms with van der Waals surface area (Å²) >= 11 is 0. The fourth-order valence-electron chi connectivity index (χ4n) is 9.50. The molecule has 12 heteroatoms. The van der Waals surface area contributed by atoms with Gasteiger partial charge in [0.25, 0.3) is 0 Å². The zero-order valence-electron chi connectivity index (χ0n) is 50.9. The summed E-state index contributed by atoms with van der Waals surface area (Å²) < 4.78 is 39.7. The molecule has 0 aliphatic heterocycles. The second-order valence-electron chi connectivity index (χ2n) is 22.3. The lowest BCUT2D eigenvalue weighted by Gasteiger charge is -2.21. The van der Waals surface area contributed by atoms with E-state index in [0.717, 1.165) is 83.5 Å². The van der Waals surface area contributed by atoms with Gasteiger partial charge in [-0.1, -0.05) is 269 Å². The Hall–Kier alpha value is -2.30. The highest BCUT2D eigenvalue weighted by Crippen LogP contribution is 2.43. The zero-order chi connectivity index (χ0) is 56.9. The number of rotatable bonds is 62. The van der Waals surface area contributed by atoms with Crippen LogP contribution in [0.2, 0.25) is 0 Å². The fourth-order valence-corrected chi connectivity index (χ4v) is 10.3. The molecule has 0 saturated carbocycles. The van der Waals surface area contributed by atoms with Crippen molar-refractivity contribution in [3.63, 3.8) is 0 Å². The molecule has 0 aliphatic carbocycles.